The van der Waals surface area contributed by atoms with Gasteiger partial charge in [-0.25, -0.2) is 9.37 Å². The lowest BCUT2D eigenvalue weighted by atomic mass is 10.2. The van der Waals surface area contributed by atoms with E-state index in [1.54, 1.807) is 44.4 Å². The number of halogens is 1. The first kappa shape index (κ1) is 18.5. The molecular formula is C19H16FN3O3S. The predicted octanol–water partition coefficient (Wildman–Crippen LogP) is 4.10. The molecule has 0 saturated carbocycles. The summed E-state index contributed by atoms with van der Waals surface area (Å²) < 4.78 is 18.8. The highest BCUT2D eigenvalue weighted by Crippen LogP contribution is 2.25. The molecule has 6 nitrogen and oxygen atoms in total. The van der Waals surface area contributed by atoms with Gasteiger partial charge in [0.2, 0.25) is 0 Å². The minimum Gasteiger partial charge on any atom is -0.497 e. The van der Waals surface area contributed by atoms with Crippen LogP contribution in [0.5, 0.6) is 5.75 Å². The van der Waals surface area contributed by atoms with Crippen LogP contribution in [0, 0.1) is 12.7 Å². The average Bonchev–Trinajstić information content (AvgIpc) is 3.02. The standard InChI is InChI=1S/C19H16FN3O3S/c1-11-16(18(25)22-12-6-5-7-13(10-12)26-2)27-19(21-11)23-17(24)14-8-3-4-9-15(14)20/h3-10H,1-2H3,(H,22,25)(H,21,23,24). The van der Waals surface area contributed by atoms with Crippen molar-refractivity contribution in [3.8, 4) is 5.75 Å². The van der Waals surface area contributed by atoms with Gasteiger partial charge in [-0.1, -0.05) is 29.5 Å². The Kier molecular flexibility index (Phi) is 5.46. The summed E-state index contributed by atoms with van der Waals surface area (Å²) in [5.74, 6) is -0.989. The molecule has 0 aliphatic heterocycles. The molecule has 0 aliphatic rings. The molecule has 0 atom stereocenters. The zero-order valence-electron chi connectivity index (χ0n) is 14.6. The zero-order chi connectivity index (χ0) is 19.4. The van der Waals surface area contributed by atoms with Gasteiger partial charge in [0.15, 0.2) is 5.13 Å². The molecule has 0 unspecified atom stereocenters. The molecular weight excluding hydrogens is 369 g/mol. The maximum atomic E-state index is 13.7. The Balaban J connectivity index is 1.74. The van der Waals surface area contributed by atoms with Gasteiger partial charge in [0.25, 0.3) is 11.8 Å². The fourth-order valence-electron chi connectivity index (χ4n) is 2.36. The lowest BCUT2D eigenvalue weighted by Crippen LogP contribution is -2.13. The van der Waals surface area contributed by atoms with Crippen molar-refractivity contribution >= 4 is 34.0 Å². The highest BCUT2D eigenvalue weighted by atomic mass is 32.1. The number of anilines is 2. The molecule has 1 heterocycles. The topological polar surface area (TPSA) is 80.3 Å². The zero-order valence-corrected chi connectivity index (χ0v) is 15.4. The van der Waals surface area contributed by atoms with Crippen molar-refractivity contribution in [1.29, 1.82) is 0 Å². The Bertz CT molecular complexity index is 1000. The van der Waals surface area contributed by atoms with E-state index in [0.717, 1.165) is 11.3 Å². The lowest BCUT2D eigenvalue weighted by molar-refractivity contribution is 0.101. The molecule has 0 saturated heterocycles. The number of amides is 2. The molecule has 3 rings (SSSR count). The van der Waals surface area contributed by atoms with E-state index in [2.05, 4.69) is 15.6 Å². The van der Waals surface area contributed by atoms with Gasteiger partial charge in [-0.15, -0.1) is 0 Å². The third-order valence-electron chi connectivity index (χ3n) is 3.67. The highest BCUT2D eigenvalue weighted by Gasteiger charge is 2.18. The third-order valence-corrected chi connectivity index (χ3v) is 4.74. The van der Waals surface area contributed by atoms with Crippen LogP contribution in [0.25, 0.3) is 0 Å². The van der Waals surface area contributed by atoms with E-state index >= 15 is 0 Å². The molecule has 3 aromatic rings. The van der Waals surface area contributed by atoms with Crippen LogP contribution in [0.15, 0.2) is 48.5 Å². The number of carbonyl (C=O) groups is 2. The highest BCUT2D eigenvalue weighted by molar-refractivity contribution is 7.17. The molecule has 0 spiro atoms. The summed E-state index contributed by atoms with van der Waals surface area (Å²) in [7, 11) is 1.54. The number of hydrogen-bond acceptors (Lipinski definition) is 5. The Morgan fingerprint density at radius 3 is 2.59 bits per heavy atom. The first-order valence-electron chi connectivity index (χ1n) is 7.96. The largest absolute Gasteiger partial charge is 0.497 e. The number of nitrogens with one attached hydrogen (secondary N) is 2. The SMILES string of the molecule is COc1cccc(NC(=O)c2sc(NC(=O)c3ccccc3F)nc2C)c1. The van der Waals surface area contributed by atoms with Crippen molar-refractivity contribution in [2.45, 2.75) is 6.92 Å². The van der Waals surface area contributed by atoms with Gasteiger partial charge >= 0.3 is 0 Å². The summed E-state index contributed by atoms with van der Waals surface area (Å²) in [5, 5.41) is 5.50. The number of thiazole rings is 1. The van der Waals surface area contributed by atoms with Crippen LogP contribution in [-0.4, -0.2) is 23.9 Å². The lowest BCUT2D eigenvalue weighted by Gasteiger charge is -2.06. The van der Waals surface area contributed by atoms with Crippen molar-refractivity contribution in [3.05, 3.63) is 70.5 Å². The summed E-state index contributed by atoms with van der Waals surface area (Å²) in [6.07, 6.45) is 0. The number of rotatable bonds is 5. The Labute approximate surface area is 159 Å². The molecule has 0 aliphatic carbocycles. The maximum Gasteiger partial charge on any atom is 0.267 e. The van der Waals surface area contributed by atoms with Crippen LogP contribution in [0.2, 0.25) is 0 Å². The number of aryl methyl sites for hydroxylation is 1. The van der Waals surface area contributed by atoms with Gasteiger partial charge in [-0.2, -0.15) is 0 Å². The summed E-state index contributed by atoms with van der Waals surface area (Å²) in [5.41, 5.74) is 0.945. The van der Waals surface area contributed by atoms with Gasteiger partial charge < -0.3 is 10.1 Å². The van der Waals surface area contributed by atoms with Crippen molar-refractivity contribution in [2.75, 3.05) is 17.7 Å². The fourth-order valence-corrected chi connectivity index (χ4v) is 3.22. The van der Waals surface area contributed by atoms with Crippen LogP contribution in [0.1, 0.15) is 25.7 Å². The second kappa shape index (κ2) is 7.96. The Morgan fingerprint density at radius 2 is 1.85 bits per heavy atom. The second-order valence-electron chi connectivity index (χ2n) is 5.55. The molecule has 2 amide bonds. The van der Waals surface area contributed by atoms with Crippen molar-refractivity contribution in [2.24, 2.45) is 0 Å². The molecule has 0 radical (unpaired) electrons. The average molecular weight is 385 g/mol. The maximum absolute atomic E-state index is 13.7. The quantitative estimate of drug-likeness (QED) is 0.693. The summed E-state index contributed by atoms with van der Waals surface area (Å²) in [6.45, 7) is 1.66. The van der Waals surface area contributed by atoms with E-state index in [-0.39, 0.29) is 16.6 Å². The number of ether oxygens (including phenoxy) is 1. The number of nitrogens with zero attached hydrogens (tertiary/aromatic N) is 1. The second-order valence-corrected chi connectivity index (χ2v) is 6.55. The van der Waals surface area contributed by atoms with E-state index in [9.17, 15) is 14.0 Å². The van der Waals surface area contributed by atoms with Gasteiger partial charge in [-0.05, 0) is 31.2 Å². The van der Waals surface area contributed by atoms with E-state index in [4.69, 9.17) is 4.74 Å². The predicted molar refractivity (Wildman–Crippen MR) is 102 cm³/mol. The summed E-state index contributed by atoms with van der Waals surface area (Å²) in [4.78, 5) is 29.2. The molecule has 1 aromatic heterocycles. The minimum absolute atomic E-state index is 0.0901. The van der Waals surface area contributed by atoms with Gasteiger partial charge in [-0.3, -0.25) is 14.9 Å². The minimum atomic E-state index is -0.626. The number of methoxy groups -OCH3 is 1. The van der Waals surface area contributed by atoms with Crippen molar-refractivity contribution < 1.29 is 18.7 Å². The normalized spacial score (nSPS) is 10.3. The van der Waals surface area contributed by atoms with E-state index in [0.29, 0.717) is 22.0 Å². The first-order chi connectivity index (χ1) is 13.0. The van der Waals surface area contributed by atoms with E-state index in [1.165, 1.54) is 18.2 Å². The van der Waals surface area contributed by atoms with Gasteiger partial charge in [0, 0.05) is 11.8 Å². The van der Waals surface area contributed by atoms with Crippen LogP contribution >= 0.6 is 11.3 Å². The molecule has 8 heteroatoms. The first-order valence-corrected chi connectivity index (χ1v) is 8.78. The van der Waals surface area contributed by atoms with Crippen LogP contribution in [0.3, 0.4) is 0 Å². The Morgan fingerprint density at radius 1 is 1.07 bits per heavy atom. The number of benzene rings is 2. The molecule has 2 aromatic carbocycles. The van der Waals surface area contributed by atoms with E-state index in [1.807, 2.05) is 0 Å². The monoisotopic (exact) mass is 385 g/mol. The molecule has 138 valence electrons. The summed E-state index contributed by atoms with van der Waals surface area (Å²) in [6, 6.07) is 12.6. The van der Waals surface area contributed by atoms with E-state index < -0.39 is 11.7 Å². The molecule has 27 heavy (non-hydrogen) atoms. The third kappa shape index (κ3) is 4.29. The van der Waals surface area contributed by atoms with Crippen molar-refractivity contribution in [3.63, 3.8) is 0 Å². The van der Waals surface area contributed by atoms with Crippen LogP contribution in [0.4, 0.5) is 15.2 Å². The van der Waals surface area contributed by atoms with Crippen molar-refractivity contribution in [1.82, 2.24) is 4.98 Å². The number of carbonyl (C=O) groups excluding carboxylic acids is 2. The van der Waals surface area contributed by atoms with Gasteiger partial charge in [0.1, 0.15) is 16.4 Å². The van der Waals surface area contributed by atoms with Crippen LogP contribution < -0.4 is 15.4 Å². The van der Waals surface area contributed by atoms with Gasteiger partial charge in [0.05, 0.1) is 18.4 Å². The number of hydrogen-bond donors (Lipinski definition) is 2. The Hall–Kier alpha value is -3.26. The molecule has 0 fully saturated rings. The smallest absolute Gasteiger partial charge is 0.267 e. The molecule has 0 bridgehead atoms. The van der Waals surface area contributed by atoms with Crippen LogP contribution in [-0.2, 0) is 0 Å². The number of aromatic nitrogens is 1. The summed E-state index contributed by atoms with van der Waals surface area (Å²) >= 11 is 1.02. The molecule has 2 N–H and O–H groups in total. The fraction of sp³-hybridized carbons (Fsp3) is 0.105.